The highest BCUT2D eigenvalue weighted by molar-refractivity contribution is 7.80. The summed E-state index contributed by atoms with van der Waals surface area (Å²) in [7, 11) is 1.73. The molecule has 0 amide bonds. The highest BCUT2D eigenvalue weighted by atomic mass is 32.1. The second-order valence-electron chi connectivity index (χ2n) is 5.66. The van der Waals surface area contributed by atoms with Crippen LogP contribution >= 0.6 is 12.6 Å². The standard InChI is InChI=1S/C15H25N3O2S/c1-3-4-12(11-21)9-18-15(19)7-13(8-16-18)17-6-5-14(10-17)20-2/h7-8,12,14,21H,3-6,9-11H2,1-2H3. The Morgan fingerprint density at radius 3 is 2.95 bits per heavy atom. The third-order valence-electron chi connectivity index (χ3n) is 4.08. The molecule has 0 spiro atoms. The van der Waals surface area contributed by atoms with Crippen molar-refractivity contribution >= 4 is 18.3 Å². The summed E-state index contributed by atoms with van der Waals surface area (Å²) >= 11 is 4.36. The molecule has 1 aliphatic heterocycles. The van der Waals surface area contributed by atoms with E-state index in [4.69, 9.17) is 4.74 Å². The van der Waals surface area contributed by atoms with Crippen LogP contribution in [-0.4, -0.2) is 41.8 Å². The lowest BCUT2D eigenvalue weighted by Crippen LogP contribution is -2.29. The fourth-order valence-electron chi connectivity index (χ4n) is 2.78. The Bertz CT molecular complexity index is 506. The molecule has 1 aromatic heterocycles. The SMILES string of the molecule is CCCC(CS)Cn1ncc(N2CCC(OC)C2)cc1=O. The average Bonchev–Trinajstić information content (AvgIpc) is 2.97. The number of rotatable bonds is 7. The Hall–Kier alpha value is -1.01. The van der Waals surface area contributed by atoms with Gasteiger partial charge in [-0.25, -0.2) is 4.68 Å². The Morgan fingerprint density at radius 2 is 2.38 bits per heavy atom. The van der Waals surface area contributed by atoms with E-state index >= 15 is 0 Å². The molecule has 118 valence electrons. The van der Waals surface area contributed by atoms with Crippen molar-refractivity contribution in [3.05, 3.63) is 22.6 Å². The van der Waals surface area contributed by atoms with Gasteiger partial charge < -0.3 is 9.64 Å². The third-order valence-corrected chi connectivity index (χ3v) is 4.60. The molecule has 21 heavy (non-hydrogen) atoms. The van der Waals surface area contributed by atoms with Crippen LogP contribution < -0.4 is 10.5 Å². The van der Waals surface area contributed by atoms with E-state index in [2.05, 4.69) is 29.6 Å². The number of hydrogen-bond donors (Lipinski definition) is 1. The van der Waals surface area contributed by atoms with Gasteiger partial charge in [-0.3, -0.25) is 4.79 Å². The van der Waals surface area contributed by atoms with Gasteiger partial charge in [0.15, 0.2) is 0 Å². The number of methoxy groups -OCH3 is 1. The maximum atomic E-state index is 12.2. The van der Waals surface area contributed by atoms with Crippen LogP contribution in [0.1, 0.15) is 26.2 Å². The van der Waals surface area contributed by atoms with Crippen molar-refractivity contribution < 1.29 is 4.74 Å². The minimum atomic E-state index is -0.0312. The van der Waals surface area contributed by atoms with E-state index in [-0.39, 0.29) is 11.7 Å². The summed E-state index contributed by atoms with van der Waals surface area (Å²) in [4.78, 5) is 14.4. The molecule has 0 saturated carbocycles. The summed E-state index contributed by atoms with van der Waals surface area (Å²) in [5.74, 6) is 1.18. The highest BCUT2D eigenvalue weighted by Crippen LogP contribution is 2.19. The fraction of sp³-hybridized carbons (Fsp3) is 0.733. The minimum absolute atomic E-state index is 0.0312. The maximum Gasteiger partial charge on any atom is 0.268 e. The summed E-state index contributed by atoms with van der Waals surface area (Å²) < 4.78 is 6.92. The zero-order valence-electron chi connectivity index (χ0n) is 12.9. The lowest BCUT2D eigenvalue weighted by molar-refractivity contribution is 0.121. The van der Waals surface area contributed by atoms with Crippen LogP contribution in [0.3, 0.4) is 0 Å². The van der Waals surface area contributed by atoms with Gasteiger partial charge in [0.25, 0.3) is 5.56 Å². The molecule has 2 heterocycles. The summed E-state index contributed by atoms with van der Waals surface area (Å²) in [5.41, 5.74) is 0.866. The van der Waals surface area contributed by atoms with E-state index in [0.717, 1.165) is 43.8 Å². The van der Waals surface area contributed by atoms with Crippen molar-refractivity contribution in [1.29, 1.82) is 0 Å². The first-order chi connectivity index (χ1) is 10.2. The van der Waals surface area contributed by atoms with Gasteiger partial charge in [0.2, 0.25) is 0 Å². The monoisotopic (exact) mass is 311 g/mol. The van der Waals surface area contributed by atoms with Gasteiger partial charge in [0, 0.05) is 32.8 Å². The van der Waals surface area contributed by atoms with E-state index in [1.54, 1.807) is 24.1 Å². The van der Waals surface area contributed by atoms with Crippen molar-refractivity contribution in [2.45, 2.75) is 38.8 Å². The third kappa shape index (κ3) is 4.23. The number of thiol groups is 1. The van der Waals surface area contributed by atoms with Crippen molar-refractivity contribution in [3.8, 4) is 0 Å². The molecule has 6 heteroatoms. The first-order valence-corrected chi connectivity index (χ1v) is 8.27. The van der Waals surface area contributed by atoms with E-state index < -0.39 is 0 Å². The molecule has 2 atom stereocenters. The Balaban J connectivity index is 2.05. The smallest absolute Gasteiger partial charge is 0.268 e. The first-order valence-electron chi connectivity index (χ1n) is 7.63. The number of ether oxygens (including phenoxy) is 1. The summed E-state index contributed by atoms with van der Waals surface area (Å²) in [6, 6.07) is 1.69. The number of nitrogens with zero attached hydrogens (tertiary/aromatic N) is 3. The van der Waals surface area contributed by atoms with Crippen molar-refractivity contribution in [2.24, 2.45) is 5.92 Å². The van der Waals surface area contributed by atoms with Crippen molar-refractivity contribution in [3.63, 3.8) is 0 Å². The van der Waals surface area contributed by atoms with E-state index in [0.29, 0.717) is 12.5 Å². The summed E-state index contributed by atoms with van der Waals surface area (Å²) in [6.45, 7) is 4.54. The molecule has 2 rings (SSSR count). The first kappa shape index (κ1) is 16.4. The molecule has 1 saturated heterocycles. The molecule has 1 aromatic rings. The van der Waals surface area contributed by atoms with Gasteiger partial charge in [-0.1, -0.05) is 13.3 Å². The molecule has 0 radical (unpaired) electrons. The Morgan fingerprint density at radius 1 is 1.57 bits per heavy atom. The number of anilines is 1. The van der Waals surface area contributed by atoms with Crippen LogP contribution in [0, 0.1) is 5.92 Å². The van der Waals surface area contributed by atoms with E-state index in [1.165, 1.54) is 0 Å². The molecular weight excluding hydrogens is 286 g/mol. The Labute approximate surface area is 131 Å². The van der Waals surface area contributed by atoms with Crippen molar-refractivity contribution in [2.75, 3.05) is 30.9 Å². The van der Waals surface area contributed by atoms with Crippen LogP contribution in [0.4, 0.5) is 5.69 Å². The predicted octanol–water partition coefficient (Wildman–Crippen LogP) is 1.81. The number of aromatic nitrogens is 2. The molecule has 1 aliphatic rings. The van der Waals surface area contributed by atoms with Crippen molar-refractivity contribution in [1.82, 2.24) is 9.78 Å². The van der Waals surface area contributed by atoms with Gasteiger partial charge in [-0.2, -0.15) is 17.7 Å². The van der Waals surface area contributed by atoms with Gasteiger partial charge in [-0.15, -0.1) is 0 Å². The normalized spacial score (nSPS) is 20.0. The predicted molar refractivity (Wildman–Crippen MR) is 88.4 cm³/mol. The zero-order valence-corrected chi connectivity index (χ0v) is 13.8. The van der Waals surface area contributed by atoms with Crippen LogP contribution in [0.5, 0.6) is 0 Å². The van der Waals surface area contributed by atoms with Gasteiger partial charge >= 0.3 is 0 Å². The maximum absolute atomic E-state index is 12.2. The van der Waals surface area contributed by atoms with Crippen LogP contribution in [-0.2, 0) is 11.3 Å². The van der Waals surface area contributed by atoms with Crippen LogP contribution in [0.2, 0.25) is 0 Å². The zero-order chi connectivity index (χ0) is 15.2. The molecular formula is C15H25N3O2S. The van der Waals surface area contributed by atoms with E-state index in [9.17, 15) is 4.79 Å². The Kier molecular flexibility index (Phi) is 6.11. The lowest BCUT2D eigenvalue weighted by atomic mass is 10.1. The molecule has 2 unspecified atom stereocenters. The minimum Gasteiger partial charge on any atom is -0.380 e. The largest absolute Gasteiger partial charge is 0.380 e. The molecule has 0 N–H and O–H groups in total. The second kappa shape index (κ2) is 7.84. The topological polar surface area (TPSA) is 47.4 Å². The highest BCUT2D eigenvalue weighted by Gasteiger charge is 2.23. The fourth-order valence-corrected chi connectivity index (χ4v) is 3.08. The summed E-state index contributed by atoms with van der Waals surface area (Å²) in [5, 5.41) is 4.33. The molecule has 0 bridgehead atoms. The molecule has 1 fully saturated rings. The quantitative estimate of drug-likeness (QED) is 0.780. The second-order valence-corrected chi connectivity index (χ2v) is 6.03. The van der Waals surface area contributed by atoms with Crippen LogP contribution in [0.15, 0.2) is 17.1 Å². The average molecular weight is 311 g/mol. The lowest BCUT2D eigenvalue weighted by Gasteiger charge is -2.19. The molecule has 0 aromatic carbocycles. The van der Waals surface area contributed by atoms with E-state index in [1.807, 2.05) is 0 Å². The molecule has 5 nitrogen and oxygen atoms in total. The van der Waals surface area contributed by atoms with Gasteiger partial charge in [-0.05, 0) is 24.5 Å². The molecule has 0 aliphatic carbocycles. The number of hydrogen-bond acceptors (Lipinski definition) is 5. The van der Waals surface area contributed by atoms with Gasteiger partial charge in [0.1, 0.15) is 0 Å². The summed E-state index contributed by atoms with van der Waals surface area (Å²) in [6.07, 6.45) is 5.22. The van der Waals surface area contributed by atoms with Crippen LogP contribution in [0.25, 0.3) is 0 Å². The van der Waals surface area contributed by atoms with Gasteiger partial charge in [0.05, 0.1) is 18.0 Å².